The molecule has 0 aliphatic carbocycles. The summed E-state index contributed by atoms with van der Waals surface area (Å²) in [5, 5.41) is 0.560. The lowest BCUT2D eigenvalue weighted by Crippen LogP contribution is -2.44. The highest BCUT2D eigenvalue weighted by molar-refractivity contribution is 7.80. The Bertz CT molecular complexity index is 453. The number of amides is 1. The average molecular weight is 287 g/mol. The number of carbonyl (C=O) groups excluding carboxylic acids is 1. The Kier molecular flexibility index (Phi) is 5.37. The molecule has 18 heavy (non-hydrogen) atoms. The van der Waals surface area contributed by atoms with Gasteiger partial charge in [-0.15, -0.1) is 0 Å². The molecular weight excluding hydrogens is 272 g/mol. The first-order valence-corrected chi connectivity index (χ1v) is 6.13. The Morgan fingerprint density at radius 1 is 1.61 bits per heavy atom. The Labute approximate surface area is 117 Å². The van der Waals surface area contributed by atoms with Crippen molar-refractivity contribution in [3.8, 4) is 5.75 Å². The molecule has 0 aliphatic heterocycles. The van der Waals surface area contributed by atoms with E-state index in [1.54, 1.807) is 38.2 Å². The summed E-state index contributed by atoms with van der Waals surface area (Å²) in [6.45, 7) is 1.68. The lowest BCUT2D eigenvalue weighted by Gasteiger charge is -2.23. The van der Waals surface area contributed by atoms with Crippen molar-refractivity contribution in [3.63, 3.8) is 0 Å². The van der Waals surface area contributed by atoms with Gasteiger partial charge in [-0.1, -0.05) is 29.9 Å². The highest BCUT2D eigenvalue weighted by atomic mass is 35.5. The minimum atomic E-state index is -0.296. The molecule has 1 amide bonds. The third-order valence-electron chi connectivity index (χ3n) is 2.54. The van der Waals surface area contributed by atoms with Crippen molar-refractivity contribution in [3.05, 3.63) is 29.3 Å². The summed E-state index contributed by atoms with van der Waals surface area (Å²) in [6, 6.07) is 6.57. The van der Waals surface area contributed by atoms with E-state index in [2.05, 4.69) is 0 Å². The van der Waals surface area contributed by atoms with Crippen molar-refractivity contribution < 1.29 is 9.53 Å². The van der Waals surface area contributed by atoms with Gasteiger partial charge in [0.05, 0.1) is 11.0 Å². The van der Waals surface area contributed by atoms with Crippen LogP contribution in [0.25, 0.3) is 0 Å². The molecule has 1 aromatic carbocycles. The van der Waals surface area contributed by atoms with Gasteiger partial charge in [-0.3, -0.25) is 4.79 Å². The highest BCUT2D eigenvalue weighted by Crippen LogP contribution is 2.17. The second-order valence-corrected chi connectivity index (χ2v) is 4.74. The molecule has 0 aromatic heterocycles. The van der Waals surface area contributed by atoms with E-state index in [0.717, 1.165) is 0 Å². The minimum absolute atomic E-state index is 0.0796. The summed E-state index contributed by atoms with van der Waals surface area (Å²) in [5.41, 5.74) is 5.48. The predicted molar refractivity (Wildman–Crippen MR) is 76.0 cm³/mol. The molecule has 1 rings (SSSR count). The van der Waals surface area contributed by atoms with Crippen molar-refractivity contribution in [1.29, 1.82) is 0 Å². The molecule has 1 atom stereocenters. The maximum absolute atomic E-state index is 11.8. The fraction of sp³-hybridized carbons (Fsp3) is 0.333. The smallest absolute Gasteiger partial charge is 0.260 e. The average Bonchev–Trinajstić information content (AvgIpc) is 2.34. The number of hydrogen-bond donors (Lipinski definition) is 1. The van der Waals surface area contributed by atoms with Crippen molar-refractivity contribution in [1.82, 2.24) is 4.90 Å². The summed E-state index contributed by atoms with van der Waals surface area (Å²) in [7, 11) is 1.63. The molecule has 0 radical (unpaired) electrons. The lowest BCUT2D eigenvalue weighted by molar-refractivity contribution is -0.132. The number of thiocarbonyl (C=S) groups is 1. The van der Waals surface area contributed by atoms with Gasteiger partial charge < -0.3 is 15.4 Å². The van der Waals surface area contributed by atoms with Gasteiger partial charge in [0.1, 0.15) is 5.75 Å². The van der Waals surface area contributed by atoms with E-state index in [4.69, 9.17) is 34.3 Å². The number of nitrogens with two attached hydrogens (primary N) is 1. The zero-order valence-corrected chi connectivity index (χ0v) is 11.8. The quantitative estimate of drug-likeness (QED) is 0.840. The first-order chi connectivity index (χ1) is 8.41. The highest BCUT2D eigenvalue weighted by Gasteiger charge is 2.18. The van der Waals surface area contributed by atoms with Crippen LogP contribution in [0.5, 0.6) is 5.75 Å². The second kappa shape index (κ2) is 6.56. The van der Waals surface area contributed by atoms with E-state index < -0.39 is 0 Å². The molecular formula is C12H15ClN2O2S. The van der Waals surface area contributed by atoms with Crippen LogP contribution in [0.4, 0.5) is 0 Å². The van der Waals surface area contributed by atoms with Crippen LogP contribution >= 0.6 is 23.8 Å². The molecule has 0 saturated carbocycles. The van der Waals surface area contributed by atoms with Gasteiger partial charge in [0.2, 0.25) is 0 Å². The number of halogens is 1. The number of rotatable bonds is 5. The number of nitrogens with zero attached hydrogens (tertiary/aromatic N) is 1. The fourth-order valence-corrected chi connectivity index (χ4v) is 1.55. The van der Waals surface area contributed by atoms with Crippen LogP contribution in [-0.4, -0.2) is 35.5 Å². The molecule has 0 aliphatic rings. The van der Waals surface area contributed by atoms with Crippen LogP contribution < -0.4 is 10.5 Å². The van der Waals surface area contributed by atoms with E-state index in [1.807, 2.05) is 0 Å². The van der Waals surface area contributed by atoms with E-state index in [9.17, 15) is 4.79 Å². The summed E-state index contributed by atoms with van der Waals surface area (Å²) >= 11 is 10.6. The number of hydrogen-bond acceptors (Lipinski definition) is 3. The van der Waals surface area contributed by atoms with Crippen molar-refractivity contribution >= 4 is 34.7 Å². The van der Waals surface area contributed by atoms with Gasteiger partial charge >= 0.3 is 0 Å². The van der Waals surface area contributed by atoms with Crippen LogP contribution in [0.15, 0.2) is 24.3 Å². The molecule has 1 aromatic rings. The topological polar surface area (TPSA) is 55.6 Å². The molecule has 2 N–H and O–H groups in total. The molecule has 0 bridgehead atoms. The van der Waals surface area contributed by atoms with Crippen LogP contribution in [0.1, 0.15) is 6.92 Å². The molecule has 98 valence electrons. The van der Waals surface area contributed by atoms with Crippen LogP contribution in [-0.2, 0) is 4.79 Å². The predicted octanol–water partition coefficient (Wildman–Crippen LogP) is 1.85. The van der Waals surface area contributed by atoms with Gasteiger partial charge in [-0.2, -0.15) is 0 Å². The van der Waals surface area contributed by atoms with Gasteiger partial charge in [0.15, 0.2) is 6.61 Å². The third-order valence-corrected chi connectivity index (χ3v) is 3.12. The standard InChI is InChI=1S/C12H15ClN2O2S/c1-8(12(14)18)15(2)11(16)7-17-10-5-3-4-9(13)6-10/h3-6,8H,7H2,1-2H3,(H2,14,18). The van der Waals surface area contributed by atoms with Gasteiger partial charge in [0.25, 0.3) is 5.91 Å². The van der Waals surface area contributed by atoms with Gasteiger partial charge in [-0.05, 0) is 25.1 Å². The largest absolute Gasteiger partial charge is 0.484 e. The maximum atomic E-state index is 11.8. The summed E-state index contributed by atoms with van der Waals surface area (Å²) < 4.78 is 5.34. The monoisotopic (exact) mass is 286 g/mol. The molecule has 0 spiro atoms. The van der Waals surface area contributed by atoms with Crippen LogP contribution in [0, 0.1) is 0 Å². The zero-order valence-electron chi connectivity index (χ0n) is 10.2. The molecule has 0 fully saturated rings. The molecule has 0 heterocycles. The minimum Gasteiger partial charge on any atom is -0.484 e. The first kappa shape index (κ1) is 14.7. The molecule has 6 heteroatoms. The summed E-state index contributed by atoms with van der Waals surface area (Å²) in [4.78, 5) is 13.5. The molecule has 0 saturated heterocycles. The van der Waals surface area contributed by atoms with Gasteiger partial charge in [-0.25, -0.2) is 0 Å². The van der Waals surface area contributed by atoms with E-state index in [-0.39, 0.29) is 23.5 Å². The number of carbonyl (C=O) groups is 1. The molecule has 4 nitrogen and oxygen atoms in total. The number of benzene rings is 1. The van der Waals surface area contributed by atoms with Crippen molar-refractivity contribution in [2.24, 2.45) is 5.73 Å². The molecule has 1 unspecified atom stereocenters. The first-order valence-electron chi connectivity index (χ1n) is 5.35. The normalized spacial score (nSPS) is 11.7. The Balaban J connectivity index is 2.53. The third kappa shape index (κ3) is 4.16. The number of likely N-dealkylation sites (N-methyl/N-ethyl adjacent to an activating group) is 1. The Morgan fingerprint density at radius 3 is 2.83 bits per heavy atom. The maximum Gasteiger partial charge on any atom is 0.260 e. The Morgan fingerprint density at radius 2 is 2.28 bits per heavy atom. The summed E-state index contributed by atoms with van der Waals surface area (Å²) in [6.07, 6.45) is 0. The Hall–Kier alpha value is -1.33. The SMILES string of the molecule is CC(C(N)=S)N(C)C(=O)COc1cccc(Cl)c1. The van der Waals surface area contributed by atoms with Crippen LogP contribution in [0.3, 0.4) is 0 Å². The van der Waals surface area contributed by atoms with Crippen molar-refractivity contribution in [2.75, 3.05) is 13.7 Å². The van der Waals surface area contributed by atoms with E-state index >= 15 is 0 Å². The van der Waals surface area contributed by atoms with Crippen molar-refractivity contribution in [2.45, 2.75) is 13.0 Å². The number of ether oxygens (including phenoxy) is 1. The van der Waals surface area contributed by atoms with Gasteiger partial charge in [0, 0.05) is 12.1 Å². The van der Waals surface area contributed by atoms with Crippen LogP contribution in [0.2, 0.25) is 5.02 Å². The second-order valence-electron chi connectivity index (χ2n) is 3.83. The lowest BCUT2D eigenvalue weighted by atomic mass is 10.3. The van der Waals surface area contributed by atoms with E-state index in [1.165, 1.54) is 4.90 Å². The zero-order chi connectivity index (χ0) is 13.7. The van der Waals surface area contributed by atoms with E-state index in [0.29, 0.717) is 10.8 Å². The fourth-order valence-electron chi connectivity index (χ4n) is 1.21. The summed E-state index contributed by atoms with van der Waals surface area (Å²) in [5.74, 6) is 0.350.